The highest BCUT2D eigenvalue weighted by atomic mass is 79.9. The third-order valence-electron chi connectivity index (χ3n) is 4.76. The average molecular weight is 536 g/mol. The highest BCUT2D eigenvalue weighted by molar-refractivity contribution is 9.10. The molecule has 1 aliphatic rings. The summed E-state index contributed by atoms with van der Waals surface area (Å²) in [7, 11) is 0. The van der Waals surface area contributed by atoms with Crippen LogP contribution in [-0.2, 0) is 28.7 Å². The van der Waals surface area contributed by atoms with E-state index in [1.54, 1.807) is 24.5 Å². The molecule has 2 atom stereocenters. The number of carboxylic acids is 1. The van der Waals surface area contributed by atoms with Gasteiger partial charge in [0.05, 0.1) is 35.1 Å². The molecule has 180 valence electrons. The maximum Gasteiger partial charge on any atom is 0.347 e. The van der Waals surface area contributed by atoms with Crippen LogP contribution in [0.25, 0.3) is 11.0 Å². The number of amides is 1. The van der Waals surface area contributed by atoms with E-state index in [9.17, 15) is 19.2 Å². The summed E-state index contributed by atoms with van der Waals surface area (Å²) in [6, 6.07) is 3.55. The van der Waals surface area contributed by atoms with E-state index in [1.165, 1.54) is 18.7 Å². The zero-order chi connectivity index (χ0) is 24.8. The van der Waals surface area contributed by atoms with Crippen LogP contribution in [0.3, 0.4) is 0 Å². The number of carboxylic acid groups (broad SMARTS) is 1. The van der Waals surface area contributed by atoms with Gasteiger partial charge in [-0.25, -0.2) is 4.79 Å². The lowest BCUT2D eigenvalue weighted by Gasteiger charge is -2.24. The molecule has 1 amide bonds. The smallest absolute Gasteiger partial charge is 0.347 e. The summed E-state index contributed by atoms with van der Waals surface area (Å²) in [6.07, 6.45) is -0.111. The fraction of sp³-hybridized carbons (Fsp3) is 0.381. The van der Waals surface area contributed by atoms with Crippen molar-refractivity contribution in [1.82, 2.24) is 14.9 Å². The standard InChI is InChI=1S/C21H22BrN5O7/c1-11(34-20(32)12(2)33-16(30)6-5-15(28)29)19(31)27-10-9-25-21(27)26-13-3-4-14-18(17(13)22)24-8-7-23-14/h3-4,7-8,11-12H,5-6,9-10H2,1-2H3,(H,25,26)(H,28,29). The van der Waals surface area contributed by atoms with Gasteiger partial charge in [-0.2, -0.15) is 0 Å². The molecule has 1 aromatic heterocycles. The zero-order valence-corrected chi connectivity index (χ0v) is 19.9. The second-order valence-electron chi connectivity index (χ2n) is 7.28. The monoisotopic (exact) mass is 535 g/mol. The lowest BCUT2D eigenvalue weighted by atomic mass is 10.2. The Morgan fingerprint density at radius 3 is 2.59 bits per heavy atom. The van der Waals surface area contributed by atoms with Crippen molar-refractivity contribution < 1.29 is 33.8 Å². The lowest BCUT2D eigenvalue weighted by molar-refractivity contribution is -0.172. The molecule has 12 nitrogen and oxygen atoms in total. The molecule has 0 spiro atoms. The summed E-state index contributed by atoms with van der Waals surface area (Å²) in [6.45, 7) is 3.32. The molecule has 3 rings (SSSR count). The van der Waals surface area contributed by atoms with E-state index in [0.717, 1.165) is 0 Å². The molecule has 1 aromatic carbocycles. The number of nitrogens with zero attached hydrogens (tertiary/aromatic N) is 4. The summed E-state index contributed by atoms with van der Waals surface area (Å²) in [5.41, 5.74) is 1.95. The fourth-order valence-corrected chi connectivity index (χ4v) is 3.58. The van der Waals surface area contributed by atoms with Gasteiger partial charge in [-0.05, 0) is 41.9 Å². The Morgan fingerprint density at radius 2 is 1.85 bits per heavy atom. The number of aliphatic carboxylic acids is 1. The zero-order valence-electron chi connectivity index (χ0n) is 18.4. The molecule has 13 heteroatoms. The van der Waals surface area contributed by atoms with Crippen molar-refractivity contribution in [3.05, 3.63) is 29.0 Å². The minimum absolute atomic E-state index is 0.282. The van der Waals surface area contributed by atoms with Crippen molar-refractivity contribution in [2.45, 2.75) is 38.9 Å². The third kappa shape index (κ3) is 6.04. The Hall–Kier alpha value is -3.61. The number of fused-ring (bicyclic) bond motifs is 1. The Morgan fingerprint density at radius 1 is 1.12 bits per heavy atom. The number of nitrogens with one attached hydrogen (secondary N) is 1. The average Bonchev–Trinajstić information content (AvgIpc) is 3.27. The number of ether oxygens (including phenoxy) is 2. The predicted octanol–water partition coefficient (Wildman–Crippen LogP) is 1.73. The first-order valence-electron chi connectivity index (χ1n) is 10.3. The first-order chi connectivity index (χ1) is 16.2. The van der Waals surface area contributed by atoms with E-state index >= 15 is 0 Å². The number of rotatable bonds is 8. The Labute approximate surface area is 202 Å². The highest BCUT2D eigenvalue weighted by Gasteiger charge is 2.32. The van der Waals surface area contributed by atoms with Crippen molar-refractivity contribution in [2.24, 2.45) is 4.99 Å². The van der Waals surface area contributed by atoms with Gasteiger partial charge in [-0.3, -0.25) is 34.2 Å². The summed E-state index contributed by atoms with van der Waals surface area (Å²) >= 11 is 3.50. The highest BCUT2D eigenvalue weighted by Crippen LogP contribution is 2.29. The molecule has 2 N–H and O–H groups in total. The van der Waals surface area contributed by atoms with Gasteiger partial charge in [0, 0.05) is 18.9 Å². The van der Waals surface area contributed by atoms with E-state index in [1.807, 2.05) is 0 Å². The molecule has 0 fully saturated rings. The van der Waals surface area contributed by atoms with Gasteiger partial charge in [0.25, 0.3) is 5.91 Å². The number of benzene rings is 1. The number of guanidine groups is 1. The van der Waals surface area contributed by atoms with Gasteiger partial charge in [0.2, 0.25) is 5.96 Å². The normalized spacial score (nSPS) is 14.8. The van der Waals surface area contributed by atoms with Crippen LogP contribution in [-0.4, -0.2) is 75.0 Å². The summed E-state index contributed by atoms with van der Waals surface area (Å²) in [5, 5.41) is 11.7. The molecule has 0 aliphatic carbocycles. The Kier molecular flexibility index (Phi) is 8.10. The maximum atomic E-state index is 12.9. The molecule has 1 aliphatic heterocycles. The maximum absolute atomic E-state index is 12.9. The van der Waals surface area contributed by atoms with E-state index in [-0.39, 0.29) is 18.9 Å². The molecule has 2 aromatic rings. The number of carbonyl (C=O) groups excluding carboxylic acids is 3. The number of carbonyl (C=O) groups is 4. The Balaban J connectivity index is 1.60. The van der Waals surface area contributed by atoms with Gasteiger partial charge in [-0.1, -0.05) is 0 Å². The molecule has 0 saturated heterocycles. The van der Waals surface area contributed by atoms with Crippen LogP contribution >= 0.6 is 15.9 Å². The molecule has 2 heterocycles. The lowest BCUT2D eigenvalue weighted by Crippen LogP contribution is -2.45. The molecule has 0 saturated carbocycles. The van der Waals surface area contributed by atoms with Crippen LogP contribution in [0.5, 0.6) is 0 Å². The first kappa shape index (κ1) is 25.0. The van der Waals surface area contributed by atoms with E-state index in [4.69, 9.17) is 14.6 Å². The number of aliphatic imine (C=N–C) groups is 1. The van der Waals surface area contributed by atoms with Gasteiger partial charge in [0.1, 0.15) is 5.52 Å². The van der Waals surface area contributed by atoms with Crippen molar-refractivity contribution >= 4 is 62.4 Å². The van der Waals surface area contributed by atoms with E-state index < -0.39 is 42.4 Å². The van der Waals surface area contributed by atoms with Gasteiger partial charge >= 0.3 is 17.9 Å². The number of hydrogen-bond donors (Lipinski definition) is 2. The minimum atomic E-state index is -1.30. The van der Waals surface area contributed by atoms with E-state index in [2.05, 4.69) is 36.2 Å². The van der Waals surface area contributed by atoms with Gasteiger partial charge < -0.3 is 19.9 Å². The second kappa shape index (κ2) is 11.0. The molecule has 0 radical (unpaired) electrons. The van der Waals surface area contributed by atoms with Crippen molar-refractivity contribution in [3.63, 3.8) is 0 Å². The fourth-order valence-electron chi connectivity index (χ4n) is 3.04. The number of anilines is 1. The number of esters is 2. The summed E-state index contributed by atoms with van der Waals surface area (Å²) < 4.78 is 10.7. The third-order valence-corrected chi connectivity index (χ3v) is 5.56. The van der Waals surface area contributed by atoms with Crippen molar-refractivity contribution in [3.8, 4) is 0 Å². The summed E-state index contributed by atoms with van der Waals surface area (Å²) in [5.74, 6) is -3.17. The largest absolute Gasteiger partial charge is 0.481 e. The number of halogens is 1. The quantitative estimate of drug-likeness (QED) is 0.476. The molecule has 0 bridgehead atoms. The van der Waals surface area contributed by atoms with Crippen LogP contribution in [0.2, 0.25) is 0 Å². The van der Waals surface area contributed by atoms with E-state index in [0.29, 0.717) is 27.7 Å². The molecule has 34 heavy (non-hydrogen) atoms. The van der Waals surface area contributed by atoms with Crippen molar-refractivity contribution in [2.75, 3.05) is 18.4 Å². The summed E-state index contributed by atoms with van der Waals surface area (Å²) in [4.78, 5) is 61.5. The van der Waals surface area contributed by atoms with Crippen LogP contribution in [0.15, 0.2) is 34.0 Å². The van der Waals surface area contributed by atoms with Gasteiger partial charge in [0.15, 0.2) is 12.2 Å². The van der Waals surface area contributed by atoms with Crippen LogP contribution in [0, 0.1) is 0 Å². The SMILES string of the molecule is CC(OC(=O)CCC(=O)O)C(=O)OC(C)C(=O)N1CCN=C1Nc1ccc2nccnc2c1Br. The van der Waals surface area contributed by atoms with Crippen molar-refractivity contribution in [1.29, 1.82) is 0 Å². The topological polar surface area (TPSA) is 160 Å². The first-order valence-corrected chi connectivity index (χ1v) is 11.1. The minimum Gasteiger partial charge on any atom is -0.481 e. The van der Waals surface area contributed by atoms with Gasteiger partial charge in [-0.15, -0.1) is 0 Å². The number of aromatic nitrogens is 2. The van der Waals surface area contributed by atoms with Crippen LogP contribution in [0.4, 0.5) is 5.69 Å². The molecule has 2 unspecified atom stereocenters. The predicted molar refractivity (Wildman–Crippen MR) is 123 cm³/mol. The van der Waals surface area contributed by atoms with Crippen LogP contribution in [0.1, 0.15) is 26.7 Å². The molecular weight excluding hydrogens is 514 g/mol. The molecular formula is C21H22BrN5O7. The van der Waals surface area contributed by atoms with Crippen LogP contribution < -0.4 is 5.32 Å². The number of hydrogen-bond acceptors (Lipinski definition) is 10. The Bertz CT molecular complexity index is 1160. The second-order valence-corrected chi connectivity index (χ2v) is 8.07.